The Bertz CT molecular complexity index is 550. The van der Waals surface area contributed by atoms with E-state index in [4.69, 9.17) is 5.26 Å². The summed E-state index contributed by atoms with van der Waals surface area (Å²) >= 11 is 3.35. The van der Waals surface area contributed by atoms with E-state index >= 15 is 0 Å². The molecule has 0 aromatic heterocycles. The average molecular weight is 336 g/mol. The normalized spacial score (nSPS) is 10.0. The van der Waals surface area contributed by atoms with Crippen molar-refractivity contribution >= 4 is 33.8 Å². The van der Waals surface area contributed by atoms with Gasteiger partial charge >= 0.3 is 0 Å². The highest BCUT2D eigenvalue weighted by Gasteiger charge is 1.99. The number of hydrogen-bond acceptors (Lipinski definition) is 3. The Hall–Kier alpha value is -2.13. The van der Waals surface area contributed by atoms with Crippen molar-refractivity contribution < 1.29 is 9.59 Å². The molecule has 1 aromatic rings. The van der Waals surface area contributed by atoms with Gasteiger partial charge in [0.2, 0.25) is 11.8 Å². The molecule has 0 aliphatic heterocycles. The van der Waals surface area contributed by atoms with Crippen LogP contribution in [-0.2, 0) is 9.59 Å². The first-order valence-electron chi connectivity index (χ1n) is 5.97. The van der Waals surface area contributed by atoms with Gasteiger partial charge in [0.1, 0.15) is 6.42 Å². The fourth-order valence-electron chi connectivity index (χ4n) is 1.36. The Morgan fingerprint density at radius 1 is 1.30 bits per heavy atom. The minimum atomic E-state index is -0.341. The van der Waals surface area contributed by atoms with E-state index in [2.05, 4.69) is 26.6 Å². The molecule has 20 heavy (non-hydrogen) atoms. The van der Waals surface area contributed by atoms with Crippen LogP contribution in [0.5, 0.6) is 0 Å². The van der Waals surface area contributed by atoms with Crippen LogP contribution in [0.25, 0.3) is 6.08 Å². The Labute approximate surface area is 125 Å². The smallest absolute Gasteiger partial charge is 0.244 e. The average Bonchev–Trinajstić information content (AvgIpc) is 2.42. The summed E-state index contributed by atoms with van der Waals surface area (Å²) in [6.45, 7) is 0.621. The predicted molar refractivity (Wildman–Crippen MR) is 79.4 cm³/mol. The number of halogens is 1. The van der Waals surface area contributed by atoms with E-state index in [0.717, 1.165) is 10.0 Å². The fraction of sp³-hybridized carbons (Fsp3) is 0.214. The van der Waals surface area contributed by atoms with Crippen LogP contribution in [0.3, 0.4) is 0 Å². The van der Waals surface area contributed by atoms with Gasteiger partial charge < -0.3 is 10.6 Å². The number of carbonyl (C=O) groups excluding carboxylic acids is 2. The van der Waals surface area contributed by atoms with Gasteiger partial charge in [-0.05, 0) is 23.8 Å². The molecule has 0 fully saturated rings. The molecule has 6 heteroatoms. The molecule has 0 spiro atoms. The van der Waals surface area contributed by atoms with Crippen LogP contribution in [-0.4, -0.2) is 24.9 Å². The van der Waals surface area contributed by atoms with Crippen molar-refractivity contribution in [1.29, 1.82) is 5.26 Å². The number of rotatable bonds is 6. The lowest BCUT2D eigenvalue weighted by atomic mass is 10.2. The summed E-state index contributed by atoms with van der Waals surface area (Å²) in [5.74, 6) is -0.578. The molecule has 0 saturated carbocycles. The van der Waals surface area contributed by atoms with Crippen molar-refractivity contribution in [2.24, 2.45) is 0 Å². The molecule has 0 aliphatic rings. The lowest BCUT2D eigenvalue weighted by molar-refractivity contribution is -0.120. The first-order chi connectivity index (χ1) is 9.61. The summed E-state index contributed by atoms with van der Waals surface area (Å²) in [4.78, 5) is 22.5. The molecule has 1 aromatic carbocycles. The zero-order chi connectivity index (χ0) is 14.8. The summed E-state index contributed by atoms with van der Waals surface area (Å²) in [6, 6.07) is 9.31. The molecule has 104 valence electrons. The van der Waals surface area contributed by atoms with Gasteiger partial charge in [0.15, 0.2) is 0 Å². The highest BCUT2D eigenvalue weighted by molar-refractivity contribution is 9.10. The highest BCUT2D eigenvalue weighted by atomic mass is 79.9. The lowest BCUT2D eigenvalue weighted by Crippen LogP contribution is -2.33. The van der Waals surface area contributed by atoms with E-state index in [0.29, 0.717) is 13.1 Å². The van der Waals surface area contributed by atoms with Crippen LogP contribution in [0.15, 0.2) is 34.8 Å². The second kappa shape index (κ2) is 8.88. The SMILES string of the molecule is N#CCC(=O)NCCNC(=O)/C=C/c1cccc(Br)c1. The molecule has 1 rings (SSSR count). The summed E-state index contributed by atoms with van der Waals surface area (Å²) in [7, 11) is 0. The Morgan fingerprint density at radius 2 is 2.05 bits per heavy atom. The number of amides is 2. The van der Waals surface area contributed by atoms with E-state index in [-0.39, 0.29) is 18.2 Å². The van der Waals surface area contributed by atoms with E-state index in [1.54, 1.807) is 12.1 Å². The van der Waals surface area contributed by atoms with Gasteiger partial charge in [-0.3, -0.25) is 9.59 Å². The number of carbonyl (C=O) groups is 2. The summed E-state index contributed by atoms with van der Waals surface area (Å²) in [5.41, 5.74) is 0.914. The van der Waals surface area contributed by atoms with Gasteiger partial charge in [0, 0.05) is 23.6 Å². The largest absolute Gasteiger partial charge is 0.353 e. The van der Waals surface area contributed by atoms with Crippen LogP contribution in [0.1, 0.15) is 12.0 Å². The van der Waals surface area contributed by atoms with Gasteiger partial charge in [0.25, 0.3) is 0 Å². The molecule has 5 nitrogen and oxygen atoms in total. The van der Waals surface area contributed by atoms with Crippen LogP contribution in [0.2, 0.25) is 0 Å². The zero-order valence-electron chi connectivity index (χ0n) is 10.7. The zero-order valence-corrected chi connectivity index (χ0v) is 12.3. The van der Waals surface area contributed by atoms with Crippen LogP contribution >= 0.6 is 15.9 Å². The Balaban J connectivity index is 2.27. The Kier molecular flexibility index (Phi) is 7.07. The molecule has 0 bridgehead atoms. The van der Waals surface area contributed by atoms with Crippen LogP contribution in [0.4, 0.5) is 0 Å². The topological polar surface area (TPSA) is 82.0 Å². The van der Waals surface area contributed by atoms with Crippen LogP contribution in [0, 0.1) is 11.3 Å². The molecule has 0 atom stereocenters. The maximum atomic E-state index is 11.5. The summed E-state index contributed by atoms with van der Waals surface area (Å²) in [6.07, 6.45) is 2.96. The quantitative estimate of drug-likeness (QED) is 0.612. The number of nitriles is 1. The van der Waals surface area contributed by atoms with Gasteiger partial charge in [-0.25, -0.2) is 0 Å². The monoisotopic (exact) mass is 335 g/mol. The second-order valence-corrected chi connectivity index (χ2v) is 4.78. The standard InChI is InChI=1S/C14H14BrN3O2/c15-12-3-1-2-11(10-12)4-5-13(19)17-8-9-18-14(20)6-7-16/h1-5,10H,6,8-9H2,(H,17,19)(H,18,20)/b5-4+. The minimum absolute atomic E-state index is 0.170. The van der Waals surface area contributed by atoms with E-state index < -0.39 is 0 Å². The van der Waals surface area contributed by atoms with E-state index in [1.807, 2.05) is 24.3 Å². The third-order valence-corrected chi connectivity index (χ3v) is 2.76. The van der Waals surface area contributed by atoms with Gasteiger partial charge in [-0.1, -0.05) is 28.1 Å². The minimum Gasteiger partial charge on any atom is -0.353 e. The van der Waals surface area contributed by atoms with E-state index in [1.165, 1.54) is 6.08 Å². The van der Waals surface area contributed by atoms with Crippen molar-refractivity contribution in [1.82, 2.24) is 10.6 Å². The third kappa shape index (κ3) is 6.71. The molecule has 0 unspecified atom stereocenters. The first kappa shape index (κ1) is 15.9. The van der Waals surface area contributed by atoms with Crippen molar-refractivity contribution in [3.05, 3.63) is 40.4 Å². The van der Waals surface area contributed by atoms with Gasteiger partial charge in [-0.15, -0.1) is 0 Å². The lowest BCUT2D eigenvalue weighted by Gasteiger charge is -2.03. The molecular formula is C14H14BrN3O2. The molecule has 2 N–H and O–H groups in total. The third-order valence-electron chi connectivity index (χ3n) is 2.26. The Morgan fingerprint density at radius 3 is 2.75 bits per heavy atom. The number of nitrogens with one attached hydrogen (secondary N) is 2. The number of hydrogen-bond donors (Lipinski definition) is 2. The number of nitrogens with zero attached hydrogens (tertiary/aromatic N) is 1. The molecule has 0 heterocycles. The first-order valence-corrected chi connectivity index (χ1v) is 6.76. The fourth-order valence-corrected chi connectivity index (χ4v) is 1.78. The molecule has 2 amide bonds. The number of benzene rings is 1. The predicted octanol–water partition coefficient (Wildman–Crippen LogP) is 1.61. The van der Waals surface area contributed by atoms with Gasteiger partial charge in [0.05, 0.1) is 6.07 Å². The van der Waals surface area contributed by atoms with E-state index in [9.17, 15) is 9.59 Å². The summed E-state index contributed by atoms with van der Waals surface area (Å²) < 4.78 is 0.945. The van der Waals surface area contributed by atoms with Crippen molar-refractivity contribution in [3.8, 4) is 6.07 Å². The van der Waals surface area contributed by atoms with Crippen molar-refractivity contribution in [2.45, 2.75) is 6.42 Å². The highest BCUT2D eigenvalue weighted by Crippen LogP contribution is 2.12. The molecule has 0 saturated heterocycles. The molecule has 0 aliphatic carbocycles. The molecular weight excluding hydrogens is 322 g/mol. The van der Waals surface area contributed by atoms with Crippen molar-refractivity contribution in [2.75, 3.05) is 13.1 Å². The van der Waals surface area contributed by atoms with Crippen LogP contribution < -0.4 is 10.6 Å². The van der Waals surface area contributed by atoms with Gasteiger partial charge in [-0.2, -0.15) is 5.26 Å². The molecule has 0 radical (unpaired) electrons. The summed E-state index contributed by atoms with van der Waals surface area (Å²) in [5, 5.41) is 13.4. The maximum Gasteiger partial charge on any atom is 0.244 e. The maximum absolute atomic E-state index is 11.5. The second-order valence-electron chi connectivity index (χ2n) is 3.86. The van der Waals surface area contributed by atoms with Crippen molar-refractivity contribution in [3.63, 3.8) is 0 Å².